The predicted octanol–water partition coefficient (Wildman–Crippen LogP) is 7.59. The number of hydrogen-bond donors (Lipinski definition) is 0. The van der Waals surface area contributed by atoms with Crippen molar-refractivity contribution in [2.24, 2.45) is 11.8 Å². The molecule has 4 fully saturated rings. The maximum Gasteiger partial charge on any atom is -0.0114 e. The van der Waals surface area contributed by atoms with Gasteiger partial charge in [-0.15, -0.1) is 17.2 Å². The largest absolute Gasteiger partial charge is 0.111 e. The molecule has 4 saturated carbocycles. The molecular weight excluding hydrogens is 326 g/mol. The molecule has 2 heteroatoms. The van der Waals surface area contributed by atoms with Gasteiger partial charge in [0.25, 0.3) is 0 Å². The Hall–Kier alpha value is 0.860. The first kappa shape index (κ1) is 19.6. The lowest BCUT2D eigenvalue weighted by molar-refractivity contribution is 0.478. The average molecular weight is 369 g/mol. The summed E-state index contributed by atoms with van der Waals surface area (Å²) < 4.78 is 0. The van der Waals surface area contributed by atoms with Crippen molar-refractivity contribution in [1.82, 2.24) is 0 Å². The maximum atomic E-state index is 2.30. The highest BCUT2D eigenvalue weighted by Crippen LogP contribution is 2.68. The third-order valence-corrected chi connectivity index (χ3v) is 10.7. The molecule has 0 nitrogen and oxygen atoms in total. The molecule has 0 aromatic heterocycles. The lowest BCUT2D eigenvalue weighted by Gasteiger charge is -2.37. The summed E-state index contributed by atoms with van der Waals surface area (Å²) in [5, 5.41) is 2.81. The van der Waals surface area contributed by atoms with E-state index >= 15 is 0 Å². The van der Waals surface area contributed by atoms with E-state index in [-0.39, 0.29) is 0 Å². The highest BCUT2D eigenvalue weighted by Gasteiger charge is 2.53. The second kappa shape index (κ2) is 6.79. The van der Waals surface area contributed by atoms with E-state index in [1.54, 1.807) is 64.2 Å². The van der Waals surface area contributed by atoms with Crippen molar-refractivity contribution < 1.29 is 0 Å². The van der Waals surface area contributed by atoms with Gasteiger partial charge in [-0.05, 0) is 96.7 Å². The molecule has 4 rings (SSSR count). The van der Waals surface area contributed by atoms with Gasteiger partial charge in [0.2, 0.25) is 0 Å². The van der Waals surface area contributed by atoms with E-state index in [1.165, 1.54) is 8.58 Å². The van der Waals surface area contributed by atoms with E-state index < -0.39 is 0 Å². The zero-order valence-electron chi connectivity index (χ0n) is 17.2. The summed E-state index contributed by atoms with van der Waals surface area (Å²) in [5.41, 5.74) is 0. The van der Waals surface area contributed by atoms with Crippen LogP contribution in [0.15, 0.2) is 0 Å². The van der Waals surface area contributed by atoms with Gasteiger partial charge in [0.05, 0.1) is 0 Å². The molecule has 4 aliphatic carbocycles. The molecule has 0 atom stereocenters. The van der Waals surface area contributed by atoms with E-state index in [4.69, 9.17) is 0 Å². The van der Waals surface area contributed by atoms with Gasteiger partial charge < -0.3 is 0 Å². The van der Waals surface area contributed by atoms with Crippen LogP contribution in [-0.4, -0.2) is 20.6 Å². The fourth-order valence-electron chi connectivity index (χ4n) is 6.42. The Morgan fingerprint density at radius 1 is 0.625 bits per heavy atom. The Morgan fingerprint density at radius 3 is 1.12 bits per heavy atom. The molecule has 4 bridgehead atoms. The number of hydrogen-bond acceptors (Lipinski definition) is 0. The Bertz CT molecular complexity index is 384. The molecule has 0 aromatic rings. The molecule has 0 heterocycles. The zero-order chi connectivity index (χ0) is 17.6. The monoisotopic (exact) mass is 368 g/mol. The first-order valence-corrected chi connectivity index (χ1v) is 12.6. The van der Waals surface area contributed by atoms with Crippen molar-refractivity contribution in [3.05, 3.63) is 0 Å². The quantitative estimate of drug-likeness (QED) is 0.440. The first-order chi connectivity index (χ1) is 11.0. The predicted molar refractivity (Wildman–Crippen MR) is 115 cm³/mol. The summed E-state index contributed by atoms with van der Waals surface area (Å²) in [6, 6.07) is 0. The highest BCUT2D eigenvalue weighted by molar-refractivity contribution is 7.42. The molecule has 0 N–H and O–H groups in total. The minimum Gasteiger partial charge on any atom is -0.111 e. The second-order valence-electron chi connectivity index (χ2n) is 11.6. The summed E-state index contributed by atoms with van der Waals surface area (Å²) >= 11 is 0. The fraction of sp³-hybridized carbons (Fsp3) is 1.00. The Morgan fingerprint density at radius 2 is 0.958 bits per heavy atom. The van der Waals surface area contributed by atoms with Crippen LogP contribution < -0.4 is 0 Å². The van der Waals surface area contributed by atoms with Crippen LogP contribution in [0.3, 0.4) is 0 Å². The minimum absolute atomic E-state index is 0.512. The van der Waals surface area contributed by atoms with E-state index in [0.29, 0.717) is 10.3 Å². The van der Waals surface area contributed by atoms with Gasteiger partial charge in [0.15, 0.2) is 0 Å². The standard InChI is InChI=1S/C14H23P.C8H19P/c1-5-13(6-2-11(1)9-13)15-14-7-3-12(10-14)4-8-14;1-7(2,3)9-8(4,5)6/h11-12,15H,1-10H2;9H,1-6H3. The van der Waals surface area contributed by atoms with Crippen molar-refractivity contribution >= 4 is 17.2 Å². The van der Waals surface area contributed by atoms with Gasteiger partial charge in [-0.25, -0.2) is 0 Å². The first-order valence-electron chi connectivity index (χ1n) is 10.6. The third-order valence-electron chi connectivity index (χ3n) is 6.76. The fourth-order valence-corrected chi connectivity index (χ4v) is 11.7. The normalized spacial score (nSPS) is 41.2. The van der Waals surface area contributed by atoms with Crippen LogP contribution >= 0.6 is 17.2 Å². The number of fused-ring (bicyclic) bond motifs is 4. The van der Waals surface area contributed by atoms with Gasteiger partial charge in [-0.2, -0.15) is 0 Å². The molecule has 24 heavy (non-hydrogen) atoms. The summed E-state index contributed by atoms with van der Waals surface area (Å²) in [6.07, 6.45) is 16.1. The van der Waals surface area contributed by atoms with E-state index in [9.17, 15) is 0 Å². The van der Waals surface area contributed by atoms with E-state index in [0.717, 1.165) is 30.7 Å². The lowest BCUT2D eigenvalue weighted by Crippen LogP contribution is -2.26. The van der Waals surface area contributed by atoms with Crippen molar-refractivity contribution in [3.8, 4) is 0 Å². The molecule has 0 radical (unpaired) electrons. The van der Waals surface area contributed by atoms with Crippen LogP contribution in [0.1, 0.15) is 106 Å². The van der Waals surface area contributed by atoms with Crippen molar-refractivity contribution in [3.63, 3.8) is 0 Å². The Labute approximate surface area is 155 Å². The van der Waals surface area contributed by atoms with Crippen LogP contribution in [0.25, 0.3) is 0 Å². The summed E-state index contributed by atoms with van der Waals surface area (Å²) in [4.78, 5) is 0. The highest BCUT2D eigenvalue weighted by atomic mass is 31.1. The molecule has 0 amide bonds. The van der Waals surface area contributed by atoms with E-state index in [2.05, 4.69) is 41.5 Å². The van der Waals surface area contributed by atoms with Gasteiger partial charge in [0, 0.05) is 0 Å². The topological polar surface area (TPSA) is 0 Å². The van der Waals surface area contributed by atoms with Crippen LogP contribution in [0.5, 0.6) is 0 Å². The second-order valence-corrected chi connectivity index (χ2v) is 17.2. The van der Waals surface area contributed by atoms with Crippen LogP contribution in [-0.2, 0) is 0 Å². The van der Waals surface area contributed by atoms with Crippen LogP contribution in [0.2, 0.25) is 0 Å². The molecule has 4 aliphatic rings. The average Bonchev–Trinajstić information content (AvgIpc) is 3.13. The summed E-state index contributed by atoms with van der Waals surface area (Å²) in [5.74, 6) is 2.32. The van der Waals surface area contributed by atoms with Crippen LogP contribution in [0, 0.1) is 11.8 Å². The Balaban J connectivity index is 0.000000165. The summed E-state index contributed by atoms with van der Waals surface area (Å²) in [6.45, 7) is 13.8. The van der Waals surface area contributed by atoms with Crippen molar-refractivity contribution in [2.75, 3.05) is 0 Å². The molecule has 0 aromatic carbocycles. The maximum absolute atomic E-state index is 2.30. The smallest absolute Gasteiger partial charge is 0.0114 e. The molecule has 0 unspecified atom stereocenters. The lowest BCUT2D eigenvalue weighted by atomic mass is 9.99. The van der Waals surface area contributed by atoms with Gasteiger partial charge in [-0.3, -0.25) is 0 Å². The Kier molecular flexibility index (Phi) is 5.55. The molecule has 0 spiro atoms. The summed E-state index contributed by atoms with van der Waals surface area (Å²) in [7, 11) is 2.41. The number of rotatable bonds is 2. The SMILES string of the molecule is C1CC2(PC34CCC(CC3)C4)CCC1C2.CC(C)(C)PC(C)(C)C. The van der Waals surface area contributed by atoms with Gasteiger partial charge in [-0.1, -0.05) is 41.5 Å². The minimum atomic E-state index is 0.512. The molecular formula is C22H42P2. The van der Waals surface area contributed by atoms with Gasteiger partial charge >= 0.3 is 0 Å². The van der Waals surface area contributed by atoms with Crippen LogP contribution in [0.4, 0.5) is 0 Å². The van der Waals surface area contributed by atoms with Gasteiger partial charge in [0.1, 0.15) is 0 Å². The third kappa shape index (κ3) is 4.97. The molecule has 140 valence electrons. The van der Waals surface area contributed by atoms with Crippen molar-refractivity contribution in [1.29, 1.82) is 0 Å². The van der Waals surface area contributed by atoms with Crippen molar-refractivity contribution in [2.45, 2.75) is 126 Å². The molecule has 0 aliphatic heterocycles. The molecule has 0 saturated heterocycles. The van der Waals surface area contributed by atoms with E-state index in [1.807, 2.05) is 0 Å². The zero-order valence-corrected chi connectivity index (χ0v) is 19.2.